The van der Waals surface area contributed by atoms with E-state index in [-0.39, 0.29) is 62.6 Å². The van der Waals surface area contributed by atoms with Crippen molar-refractivity contribution < 1.29 is 49.5 Å². The van der Waals surface area contributed by atoms with Crippen LogP contribution >= 0.6 is 0 Å². The van der Waals surface area contributed by atoms with Crippen LogP contribution in [0.25, 0.3) is 0 Å². The van der Waals surface area contributed by atoms with E-state index < -0.39 is 27.1 Å². The Balaban J connectivity index is 0.000000161. The highest BCUT2D eigenvalue weighted by Gasteiger charge is 2.45. The minimum Gasteiger partial charge on any atom is -0.395 e. The van der Waals surface area contributed by atoms with E-state index in [2.05, 4.69) is 33.2 Å². The molecule has 0 aromatic heterocycles. The lowest BCUT2D eigenvalue weighted by Crippen LogP contribution is -2.34. The van der Waals surface area contributed by atoms with Crippen LogP contribution in [-0.2, 0) is 24.0 Å². The van der Waals surface area contributed by atoms with Gasteiger partial charge >= 0.3 is 0 Å². The van der Waals surface area contributed by atoms with Gasteiger partial charge in [-0.3, -0.25) is 76.1 Å². The molecule has 5 aromatic rings. The van der Waals surface area contributed by atoms with E-state index in [1.165, 1.54) is 11.1 Å². The van der Waals surface area contributed by atoms with Crippen molar-refractivity contribution >= 4 is 58.0 Å². The van der Waals surface area contributed by atoms with Crippen LogP contribution in [0, 0.1) is 61.7 Å². The second-order valence-electron chi connectivity index (χ2n) is 22.8. The number of anilines is 5. The number of hydrogen-bond acceptors (Lipinski definition) is 15. The van der Waals surface area contributed by atoms with Crippen LogP contribution in [0.1, 0.15) is 62.4 Å². The fourth-order valence-electron chi connectivity index (χ4n) is 9.06. The standard InChI is InChI=1S/C13H18N2O2.3C12H16N2O2.C11H14N2O2/c1-9-4-5-11(10(2)6-9)15-7-13(3,8-16)12(17)14-15;1-9-3-5-10(6-4-9)14-7-12(2,8-15)11(16)13-14;1-9-4-3-5-10(6-9)14-7-12(2,8-15)11(16)13-14;1-9-5-3-4-6-10(9)14-7-12(2,8-15)11(16)13-14;1-11(8-14)7-13(12-10(11)15)9-5-3-2-4-6-9/h4-6,16H,7-8H2,1-3H3,(H,14,17);3*3-6,15H,7-8H2,1-2H3,(H,13,16);2-6,14H,7-8H2,1H3,(H,12,15). The maximum absolute atomic E-state index is 11.8. The number of aliphatic hydroxyl groups excluding tert-OH is 5. The van der Waals surface area contributed by atoms with Crippen molar-refractivity contribution in [1.82, 2.24) is 27.1 Å². The summed E-state index contributed by atoms with van der Waals surface area (Å²) in [5.41, 5.74) is 20.9. The van der Waals surface area contributed by atoms with E-state index in [9.17, 15) is 49.5 Å². The summed E-state index contributed by atoms with van der Waals surface area (Å²) in [6.07, 6.45) is 0. The quantitative estimate of drug-likeness (QED) is 0.0939. The second kappa shape index (κ2) is 25.6. The molecule has 5 amide bonds. The molecule has 0 radical (unpaired) electrons. The SMILES string of the molecule is CC1(CO)CN(c2ccccc2)NC1=O.Cc1ccc(N2CC(C)(CO)C(=O)N2)c(C)c1.Cc1ccc(N2CC(C)(CO)C(=O)N2)cc1.Cc1cccc(N2CC(C)(CO)C(=O)N2)c1.Cc1ccccc1N1CC(C)(CO)C(=O)N1. The zero-order valence-electron chi connectivity index (χ0n) is 47.6. The maximum atomic E-state index is 11.8. The summed E-state index contributed by atoms with van der Waals surface area (Å²) in [5.74, 6) is -0.640. The maximum Gasteiger partial charge on any atom is 0.248 e. The fourth-order valence-corrected chi connectivity index (χ4v) is 9.06. The van der Waals surface area contributed by atoms with Gasteiger partial charge in [0.1, 0.15) is 0 Å². The predicted molar refractivity (Wildman–Crippen MR) is 309 cm³/mol. The molecular formula is C60H80N10O10. The Morgan fingerprint density at radius 2 is 0.662 bits per heavy atom. The van der Waals surface area contributed by atoms with Gasteiger partial charge in [-0.1, -0.05) is 83.9 Å². The van der Waals surface area contributed by atoms with Crippen molar-refractivity contribution in [2.24, 2.45) is 27.1 Å². The lowest BCUT2D eigenvalue weighted by molar-refractivity contribution is -0.128. The molecule has 20 heteroatoms. The van der Waals surface area contributed by atoms with Gasteiger partial charge in [0.15, 0.2) is 0 Å². The topological polar surface area (TPSA) is 263 Å². The third-order valence-electron chi connectivity index (χ3n) is 15.0. The van der Waals surface area contributed by atoms with Crippen molar-refractivity contribution in [2.75, 3.05) is 90.8 Å². The molecule has 5 heterocycles. The average Bonchev–Trinajstić information content (AvgIpc) is 4.21. The number of carbonyl (C=O) groups excluding carboxylic acids is 5. The zero-order chi connectivity index (χ0) is 58.8. The van der Waals surface area contributed by atoms with Gasteiger partial charge < -0.3 is 25.5 Å². The van der Waals surface area contributed by atoms with Gasteiger partial charge in [-0.2, -0.15) is 0 Å². The van der Waals surface area contributed by atoms with E-state index in [0.717, 1.165) is 45.1 Å². The molecule has 5 aliphatic heterocycles. The first kappa shape index (κ1) is 61.5. The summed E-state index contributed by atoms with van der Waals surface area (Å²) >= 11 is 0. The second-order valence-corrected chi connectivity index (χ2v) is 22.8. The Hall–Kier alpha value is -7.75. The van der Waals surface area contributed by atoms with Crippen LogP contribution in [0.4, 0.5) is 28.4 Å². The summed E-state index contributed by atoms with van der Waals surface area (Å²) in [4.78, 5) is 58.4. The van der Waals surface area contributed by atoms with Crippen molar-refractivity contribution in [2.45, 2.75) is 69.2 Å². The van der Waals surface area contributed by atoms with Gasteiger partial charge in [0.25, 0.3) is 0 Å². The summed E-state index contributed by atoms with van der Waals surface area (Å²) in [5, 5.41) is 55.1. The van der Waals surface area contributed by atoms with Gasteiger partial charge in [0, 0.05) is 0 Å². The van der Waals surface area contributed by atoms with Crippen LogP contribution < -0.4 is 52.2 Å². The smallest absolute Gasteiger partial charge is 0.248 e. The normalized spacial score (nSPS) is 24.7. The summed E-state index contributed by atoms with van der Waals surface area (Å²) in [7, 11) is 0. The summed E-state index contributed by atoms with van der Waals surface area (Å²) < 4.78 is 0. The van der Waals surface area contributed by atoms with Gasteiger partial charge in [0.05, 0.1) is 121 Å². The third-order valence-corrected chi connectivity index (χ3v) is 15.0. The number of amides is 5. The van der Waals surface area contributed by atoms with Crippen LogP contribution in [0.2, 0.25) is 0 Å². The molecule has 430 valence electrons. The summed E-state index contributed by atoms with van der Waals surface area (Å²) in [6, 6.07) is 39.3. The van der Waals surface area contributed by atoms with Gasteiger partial charge in [-0.15, -0.1) is 0 Å². The molecule has 10 rings (SSSR count). The van der Waals surface area contributed by atoms with Crippen LogP contribution in [0.15, 0.2) is 121 Å². The molecule has 20 nitrogen and oxygen atoms in total. The van der Waals surface area contributed by atoms with Gasteiger partial charge in [-0.25, -0.2) is 0 Å². The molecule has 5 atom stereocenters. The molecule has 5 fully saturated rings. The Bertz CT molecular complexity index is 2990. The highest BCUT2D eigenvalue weighted by atomic mass is 16.3. The molecule has 5 aliphatic rings. The van der Waals surface area contributed by atoms with Crippen LogP contribution in [0.3, 0.4) is 0 Å². The van der Waals surface area contributed by atoms with Gasteiger partial charge in [-0.05, 0) is 134 Å². The molecule has 10 N–H and O–H groups in total. The molecule has 80 heavy (non-hydrogen) atoms. The fraction of sp³-hybridized carbons (Fsp3) is 0.417. The van der Waals surface area contributed by atoms with E-state index in [1.807, 2.05) is 155 Å². The number of rotatable bonds is 10. The lowest BCUT2D eigenvalue weighted by atomic mass is 9.92. The number of para-hydroxylation sites is 2. The van der Waals surface area contributed by atoms with Crippen LogP contribution in [0.5, 0.6) is 0 Å². The number of hydrogen-bond donors (Lipinski definition) is 10. The minimum absolute atomic E-state index is 0.125. The first-order valence-corrected chi connectivity index (χ1v) is 26.6. The molecular weight excluding hydrogens is 1020 g/mol. The molecule has 5 aromatic carbocycles. The monoisotopic (exact) mass is 1100 g/mol. The van der Waals surface area contributed by atoms with Crippen LogP contribution in [-0.4, -0.2) is 121 Å². The number of nitrogens with one attached hydrogen (secondary N) is 5. The van der Waals surface area contributed by atoms with Crippen molar-refractivity contribution in [3.63, 3.8) is 0 Å². The number of nitrogens with zero attached hydrogens (tertiary/aromatic N) is 5. The lowest BCUT2D eigenvalue weighted by Gasteiger charge is -2.21. The number of benzene rings is 5. The van der Waals surface area contributed by atoms with E-state index >= 15 is 0 Å². The first-order chi connectivity index (χ1) is 37.8. The average molecular weight is 1100 g/mol. The van der Waals surface area contributed by atoms with E-state index in [1.54, 1.807) is 54.7 Å². The zero-order valence-corrected chi connectivity index (χ0v) is 47.6. The minimum atomic E-state index is -0.711. The molecule has 5 saturated heterocycles. The van der Waals surface area contributed by atoms with Gasteiger partial charge in [0.2, 0.25) is 29.5 Å². The molecule has 0 bridgehead atoms. The largest absolute Gasteiger partial charge is 0.395 e. The Morgan fingerprint density at radius 3 is 1.05 bits per heavy atom. The first-order valence-electron chi connectivity index (χ1n) is 26.6. The molecule has 0 saturated carbocycles. The van der Waals surface area contributed by atoms with Crippen molar-refractivity contribution in [3.8, 4) is 0 Å². The predicted octanol–water partition coefficient (Wildman–Crippen LogP) is 4.22. The Morgan fingerprint density at radius 1 is 0.338 bits per heavy atom. The highest BCUT2D eigenvalue weighted by Crippen LogP contribution is 2.33. The molecule has 5 unspecified atom stereocenters. The van der Waals surface area contributed by atoms with Crippen molar-refractivity contribution in [1.29, 1.82) is 0 Å². The third kappa shape index (κ3) is 14.2. The molecule has 0 aliphatic carbocycles. The van der Waals surface area contributed by atoms with Crippen molar-refractivity contribution in [3.05, 3.63) is 149 Å². The summed E-state index contributed by atoms with van der Waals surface area (Å²) in [6.45, 7) is 20.7. The number of carbonyl (C=O) groups is 5. The Kier molecular flexibility index (Phi) is 19.7. The Labute approximate surface area is 469 Å². The number of aryl methyl sites for hydroxylation is 5. The highest BCUT2D eigenvalue weighted by molar-refractivity contribution is 5.90. The van der Waals surface area contributed by atoms with E-state index in [0.29, 0.717) is 32.7 Å². The number of aliphatic hydroxyl groups is 5. The molecule has 0 spiro atoms. The number of hydrazine groups is 5. The van der Waals surface area contributed by atoms with E-state index in [4.69, 9.17) is 0 Å².